The number of nitrogens with two attached hydrogens (primary N) is 1. The SMILES string of the molecule is CN(CC1(CN)CC1)C(=O)c1cccc(F)c1. The molecule has 1 aliphatic carbocycles. The first-order valence-electron chi connectivity index (χ1n) is 5.77. The van der Waals surface area contributed by atoms with Gasteiger partial charge in [0.25, 0.3) is 5.91 Å². The van der Waals surface area contributed by atoms with Crippen molar-refractivity contribution in [3.05, 3.63) is 35.6 Å². The van der Waals surface area contributed by atoms with Crippen molar-refractivity contribution in [2.45, 2.75) is 12.8 Å². The van der Waals surface area contributed by atoms with Gasteiger partial charge in [-0.1, -0.05) is 6.07 Å². The van der Waals surface area contributed by atoms with Gasteiger partial charge < -0.3 is 10.6 Å². The highest BCUT2D eigenvalue weighted by molar-refractivity contribution is 5.94. The highest BCUT2D eigenvalue weighted by Crippen LogP contribution is 2.45. The van der Waals surface area contributed by atoms with Crippen LogP contribution in [0.15, 0.2) is 24.3 Å². The quantitative estimate of drug-likeness (QED) is 0.863. The first kappa shape index (κ1) is 12.0. The lowest BCUT2D eigenvalue weighted by atomic mass is 10.1. The van der Waals surface area contributed by atoms with Gasteiger partial charge in [-0.2, -0.15) is 0 Å². The van der Waals surface area contributed by atoms with Crippen LogP contribution in [0.5, 0.6) is 0 Å². The van der Waals surface area contributed by atoms with Crippen LogP contribution in [0.1, 0.15) is 23.2 Å². The zero-order valence-corrected chi connectivity index (χ0v) is 9.95. The molecule has 2 N–H and O–H groups in total. The molecule has 0 unspecified atom stereocenters. The second-order valence-corrected chi connectivity index (χ2v) is 4.88. The summed E-state index contributed by atoms with van der Waals surface area (Å²) < 4.78 is 13.0. The predicted molar refractivity (Wildman–Crippen MR) is 64.1 cm³/mol. The van der Waals surface area contributed by atoms with Crippen LogP contribution in [0.2, 0.25) is 0 Å². The van der Waals surface area contributed by atoms with E-state index in [1.165, 1.54) is 12.1 Å². The van der Waals surface area contributed by atoms with Crippen LogP contribution >= 0.6 is 0 Å². The van der Waals surface area contributed by atoms with Crippen molar-refractivity contribution < 1.29 is 9.18 Å². The summed E-state index contributed by atoms with van der Waals surface area (Å²) in [7, 11) is 1.74. The number of hydrogen-bond donors (Lipinski definition) is 1. The van der Waals surface area contributed by atoms with Gasteiger partial charge in [0.1, 0.15) is 5.82 Å². The summed E-state index contributed by atoms with van der Waals surface area (Å²) >= 11 is 0. The Bertz CT molecular complexity index is 429. The number of hydrogen-bond acceptors (Lipinski definition) is 2. The molecule has 1 amide bonds. The molecule has 0 bridgehead atoms. The van der Waals surface area contributed by atoms with E-state index in [0.717, 1.165) is 12.8 Å². The Kier molecular flexibility index (Phi) is 3.15. The third kappa shape index (κ3) is 2.64. The van der Waals surface area contributed by atoms with Crippen LogP contribution < -0.4 is 5.73 Å². The summed E-state index contributed by atoms with van der Waals surface area (Å²) in [5.74, 6) is -0.534. The van der Waals surface area contributed by atoms with E-state index < -0.39 is 0 Å². The molecule has 0 heterocycles. The van der Waals surface area contributed by atoms with Gasteiger partial charge in [-0.25, -0.2) is 4.39 Å². The van der Waals surface area contributed by atoms with Crippen molar-refractivity contribution >= 4 is 5.91 Å². The van der Waals surface area contributed by atoms with E-state index in [-0.39, 0.29) is 17.1 Å². The zero-order chi connectivity index (χ0) is 12.5. The minimum atomic E-state index is -0.385. The second kappa shape index (κ2) is 4.45. The van der Waals surface area contributed by atoms with E-state index in [0.29, 0.717) is 18.7 Å². The van der Waals surface area contributed by atoms with E-state index in [9.17, 15) is 9.18 Å². The fraction of sp³-hybridized carbons (Fsp3) is 0.462. The first-order valence-corrected chi connectivity index (χ1v) is 5.77. The van der Waals surface area contributed by atoms with Gasteiger partial charge in [0.15, 0.2) is 0 Å². The summed E-state index contributed by atoms with van der Waals surface area (Å²) in [6.45, 7) is 1.26. The predicted octanol–water partition coefficient (Wildman–Crippen LogP) is 1.64. The first-order chi connectivity index (χ1) is 8.06. The van der Waals surface area contributed by atoms with Crippen LogP contribution in [-0.2, 0) is 0 Å². The van der Waals surface area contributed by atoms with Crippen molar-refractivity contribution in [3.8, 4) is 0 Å². The maximum Gasteiger partial charge on any atom is 0.253 e. The monoisotopic (exact) mass is 236 g/mol. The van der Waals surface area contributed by atoms with E-state index in [1.807, 2.05) is 0 Å². The number of benzene rings is 1. The van der Waals surface area contributed by atoms with Gasteiger partial charge in [0.05, 0.1) is 0 Å². The molecule has 17 heavy (non-hydrogen) atoms. The largest absolute Gasteiger partial charge is 0.341 e. The number of amides is 1. The van der Waals surface area contributed by atoms with Crippen LogP contribution in [0.4, 0.5) is 4.39 Å². The summed E-state index contributed by atoms with van der Waals surface area (Å²) in [4.78, 5) is 13.7. The van der Waals surface area contributed by atoms with E-state index in [4.69, 9.17) is 5.73 Å². The summed E-state index contributed by atoms with van der Waals surface area (Å²) in [6.07, 6.45) is 2.15. The molecule has 0 radical (unpaired) electrons. The van der Waals surface area contributed by atoms with Crippen molar-refractivity contribution in [1.82, 2.24) is 4.90 Å². The summed E-state index contributed by atoms with van der Waals surface area (Å²) in [5.41, 5.74) is 6.18. The van der Waals surface area contributed by atoms with Gasteiger partial charge in [-0.05, 0) is 37.6 Å². The van der Waals surface area contributed by atoms with E-state index in [1.54, 1.807) is 24.1 Å². The van der Waals surface area contributed by atoms with Gasteiger partial charge in [0, 0.05) is 24.6 Å². The number of halogens is 1. The van der Waals surface area contributed by atoms with Crippen molar-refractivity contribution in [2.75, 3.05) is 20.1 Å². The summed E-state index contributed by atoms with van der Waals surface area (Å²) in [5, 5.41) is 0. The molecule has 92 valence electrons. The normalized spacial score (nSPS) is 16.6. The average molecular weight is 236 g/mol. The standard InChI is InChI=1S/C13H17FN2O/c1-16(9-13(8-15)5-6-13)12(17)10-3-2-4-11(14)7-10/h2-4,7H,5-6,8-9,15H2,1H3. The third-order valence-electron chi connectivity index (χ3n) is 3.38. The van der Waals surface area contributed by atoms with Crippen LogP contribution in [0, 0.1) is 11.2 Å². The molecule has 4 heteroatoms. The molecule has 1 fully saturated rings. The average Bonchev–Trinajstić information content (AvgIpc) is 3.08. The molecular formula is C13H17FN2O. The third-order valence-corrected chi connectivity index (χ3v) is 3.38. The molecule has 0 aliphatic heterocycles. The zero-order valence-electron chi connectivity index (χ0n) is 9.95. The minimum absolute atomic E-state index is 0.109. The van der Waals surface area contributed by atoms with Crippen LogP contribution in [-0.4, -0.2) is 30.9 Å². The Balaban J connectivity index is 2.04. The fourth-order valence-electron chi connectivity index (χ4n) is 2.02. The lowest BCUT2D eigenvalue weighted by Gasteiger charge is -2.22. The maximum absolute atomic E-state index is 13.0. The van der Waals surface area contributed by atoms with Gasteiger partial charge in [0.2, 0.25) is 0 Å². The molecular weight excluding hydrogens is 219 g/mol. The Morgan fingerprint density at radius 3 is 2.76 bits per heavy atom. The van der Waals surface area contributed by atoms with Crippen molar-refractivity contribution in [3.63, 3.8) is 0 Å². The van der Waals surface area contributed by atoms with Gasteiger partial charge in [-0.3, -0.25) is 4.79 Å². The molecule has 1 aromatic carbocycles. The highest BCUT2D eigenvalue weighted by Gasteiger charge is 2.42. The Morgan fingerprint density at radius 2 is 2.24 bits per heavy atom. The molecule has 1 saturated carbocycles. The molecule has 0 aromatic heterocycles. The lowest BCUT2D eigenvalue weighted by molar-refractivity contribution is 0.0766. The van der Waals surface area contributed by atoms with Crippen molar-refractivity contribution in [2.24, 2.45) is 11.1 Å². The Labute approximate surface area is 100 Å². The fourth-order valence-corrected chi connectivity index (χ4v) is 2.02. The molecule has 3 nitrogen and oxygen atoms in total. The highest BCUT2D eigenvalue weighted by atomic mass is 19.1. The lowest BCUT2D eigenvalue weighted by Crippen LogP contribution is -2.35. The smallest absolute Gasteiger partial charge is 0.253 e. The summed E-state index contributed by atoms with van der Waals surface area (Å²) in [6, 6.07) is 5.77. The van der Waals surface area contributed by atoms with Crippen LogP contribution in [0.25, 0.3) is 0 Å². The molecule has 0 saturated heterocycles. The number of nitrogens with zero attached hydrogens (tertiary/aromatic N) is 1. The topological polar surface area (TPSA) is 46.3 Å². The minimum Gasteiger partial charge on any atom is -0.341 e. The number of carbonyl (C=O) groups excluding carboxylic acids is 1. The maximum atomic E-state index is 13.0. The molecule has 0 spiro atoms. The number of carbonyl (C=O) groups is 1. The van der Waals surface area contributed by atoms with E-state index in [2.05, 4.69) is 0 Å². The van der Waals surface area contributed by atoms with E-state index >= 15 is 0 Å². The number of rotatable bonds is 4. The Morgan fingerprint density at radius 1 is 1.53 bits per heavy atom. The second-order valence-electron chi connectivity index (χ2n) is 4.88. The van der Waals surface area contributed by atoms with Gasteiger partial charge in [-0.15, -0.1) is 0 Å². The molecule has 2 rings (SSSR count). The molecule has 0 atom stereocenters. The Hall–Kier alpha value is -1.42. The van der Waals surface area contributed by atoms with Crippen molar-refractivity contribution in [1.29, 1.82) is 0 Å². The van der Waals surface area contributed by atoms with Crippen LogP contribution in [0.3, 0.4) is 0 Å². The van der Waals surface area contributed by atoms with Gasteiger partial charge >= 0.3 is 0 Å². The molecule has 1 aromatic rings. The molecule has 1 aliphatic rings.